The Bertz CT molecular complexity index is 1160. The number of hydrogen-bond donors (Lipinski definition) is 2. The second kappa shape index (κ2) is 10.8. The highest BCUT2D eigenvalue weighted by atomic mass is 19.1. The van der Waals surface area contributed by atoms with Crippen LogP contribution in [0.25, 0.3) is 12.2 Å². The second-order valence-corrected chi connectivity index (χ2v) is 7.94. The number of halogens is 1. The first-order chi connectivity index (χ1) is 15.4. The van der Waals surface area contributed by atoms with E-state index < -0.39 is 5.82 Å². The molecule has 0 radical (unpaired) electrons. The number of pyridine rings is 1. The molecule has 2 heterocycles. The lowest BCUT2D eigenvalue weighted by Crippen LogP contribution is -2.27. The van der Waals surface area contributed by atoms with E-state index in [1.54, 1.807) is 12.3 Å². The number of benzene rings is 1. The number of amides is 1. The molecule has 0 spiro atoms. The number of anilines is 1. The molecule has 0 bridgehead atoms. The minimum absolute atomic E-state index is 0.348. The van der Waals surface area contributed by atoms with Crippen molar-refractivity contribution in [1.82, 2.24) is 9.88 Å². The zero-order chi connectivity index (χ0) is 23.1. The Balaban J connectivity index is 1.88. The summed E-state index contributed by atoms with van der Waals surface area (Å²) in [6.45, 7) is 11.2. The van der Waals surface area contributed by atoms with Gasteiger partial charge in [0.25, 0.3) is 5.91 Å². The second-order valence-electron chi connectivity index (χ2n) is 7.94. The summed E-state index contributed by atoms with van der Waals surface area (Å²) in [5, 5.41) is 12.4. The predicted molar refractivity (Wildman–Crippen MR) is 129 cm³/mol. The van der Waals surface area contributed by atoms with E-state index >= 15 is 0 Å². The number of nitrogens with zero attached hydrogens (tertiary/aromatic N) is 2. The zero-order valence-electron chi connectivity index (χ0n) is 18.6. The molecule has 2 N–H and O–H groups in total. The monoisotopic (exact) mass is 432 g/mol. The third-order valence-electron chi connectivity index (χ3n) is 5.57. The molecule has 1 aromatic carbocycles. The Hall–Kier alpha value is -3.38. The summed E-state index contributed by atoms with van der Waals surface area (Å²) in [4.78, 5) is 19.2. The summed E-state index contributed by atoms with van der Waals surface area (Å²) >= 11 is 0. The molecule has 1 saturated heterocycles. The molecule has 1 aromatic heterocycles. The Kier molecular flexibility index (Phi) is 7.84. The van der Waals surface area contributed by atoms with Crippen molar-refractivity contribution in [2.75, 3.05) is 25.0 Å². The van der Waals surface area contributed by atoms with Gasteiger partial charge in [-0.15, -0.1) is 0 Å². The van der Waals surface area contributed by atoms with Crippen molar-refractivity contribution < 1.29 is 9.18 Å². The van der Waals surface area contributed by atoms with Crippen LogP contribution in [0.5, 0.6) is 0 Å². The summed E-state index contributed by atoms with van der Waals surface area (Å²) in [7, 11) is 0. The van der Waals surface area contributed by atoms with Crippen LogP contribution in [0.3, 0.4) is 0 Å². The van der Waals surface area contributed by atoms with Gasteiger partial charge in [0.15, 0.2) is 0 Å². The molecule has 1 aliphatic rings. The molecule has 0 saturated carbocycles. The number of aromatic nitrogens is 1. The van der Waals surface area contributed by atoms with Crippen LogP contribution in [0.4, 0.5) is 10.2 Å². The van der Waals surface area contributed by atoms with Crippen LogP contribution < -0.4 is 15.8 Å². The van der Waals surface area contributed by atoms with Crippen LogP contribution in [0.2, 0.25) is 0 Å². The van der Waals surface area contributed by atoms with E-state index in [0.717, 1.165) is 46.8 Å². The zero-order valence-corrected chi connectivity index (χ0v) is 18.6. The van der Waals surface area contributed by atoms with Crippen molar-refractivity contribution in [1.29, 1.82) is 5.41 Å². The summed E-state index contributed by atoms with van der Waals surface area (Å²) in [6, 6.07) is 7.13. The fourth-order valence-corrected chi connectivity index (χ4v) is 3.82. The molecule has 0 unspecified atom stereocenters. The van der Waals surface area contributed by atoms with Gasteiger partial charge < -0.3 is 10.7 Å². The highest BCUT2D eigenvalue weighted by molar-refractivity contribution is 6.03. The smallest absolute Gasteiger partial charge is 0.256 e. The molecule has 0 atom stereocenters. The molecule has 2 aromatic rings. The quantitative estimate of drug-likeness (QED) is 0.518. The average Bonchev–Trinajstić information content (AvgIpc) is 3.28. The number of carbonyl (C=O) groups excluding carboxylic acids is 1. The lowest BCUT2D eigenvalue weighted by atomic mass is 10.0. The first-order valence-electron chi connectivity index (χ1n) is 10.7. The molecule has 166 valence electrons. The lowest BCUT2D eigenvalue weighted by Gasteiger charge is -2.17. The number of likely N-dealkylation sites (tertiary alicyclic amines) is 1. The SMILES string of the molecule is C=C(/C=c1/cc(NC(=O)c2ccc(F)cc2)nc/c1=C/C)/C(C=N)=C(/C)CN1CCCC1. The minimum Gasteiger partial charge on any atom is -0.308 e. The van der Waals surface area contributed by atoms with Gasteiger partial charge in [-0.05, 0) is 103 Å². The molecule has 6 heteroatoms. The molecule has 5 nitrogen and oxygen atoms in total. The molecular weight excluding hydrogens is 403 g/mol. The van der Waals surface area contributed by atoms with Gasteiger partial charge in [0.2, 0.25) is 0 Å². The van der Waals surface area contributed by atoms with Crippen LogP contribution in [0.1, 0.15) is 37.0 Å². The Morgan fingerprint density at radius 2 is 1.94 bits per heavy atom. The largest absolute Gasteiger partial charge is 0.308 e. The van der Waals surface area contributed by atoms with Gasteiger partial charge in [-0.2, -0.15) is 0 Å². The Morgan fingerprint density at radius 1 is 1.25 bits per heavy atom. The fourth-order valence-electron chi connectivity index (χ4n) is 3.82. The van der Waals surface area contributed by atoms with Gasteiger partial charge in [0, 0.05) is 24.5 Å². The first-order valence-corrected chi connectivity index (χ1v) is 10.7. The molecule has 3 rings (SSSR count). The van der Waals surface area contributed by atoms with Gasteiger partial charge in [-0.1, -0.05) is 12.7 Å². The maximum atomic E-state index is 13.1. The third-order valence-corrected chi connectivity index (χ3v) is 5.57. The average molecular weight is 433 g/mol. The molecular formula is C26H29FN4O. The number of nitrogens with one attached hydrogen (secondary N) is 2. The topological polar surface area (TPSA) is 69.1 Å². The van der Waals surface area contributed by atoms with E-state index in [1.165, 1.54) is 43.3 Å². The van der Waals surface area contributed by atoms with Crippen molar-refractivity contribution in [2.45, 2.75) is 26.7 Å². The van der Waals surface area contributed by atoms with Gasteiger partial charge >= 0.3 is 0 Å². The van der Waals surface area contributed by atoms with Crippen molar-refractivity contribution in [3.8, 4) is 0 Å². The summed E-state index contributed by atoms with van der Waals surface area (Å²) < 4.78 is 13.1. The van der Waals surface area contributed by atoms with Crippen LogP contribution in [0, 0.1) is 11.2 Å². The highest BCUT2D eigenvalue weighted by Gasteiger charge is 2.13. The van der Waals surface area contributed by atoms with Crippen molar-refractivity contribution in [2.24, 2.45) is 0 Å². The van der Waals surface area contributed by atoms with Gasteiger partial charge in [-0.3, -0.25) is 9.69 Å². The standard InChI is InChI=1S/C26H29FN4O/c1-4-20-16-29-25(30-26(32)21-7-9-23(27)10-8-21)14-22(20)13-18(2)24(15-28)19(3)17-31-11-5-6-12-31/h4,7-10,13-16,28H,2,5-6,11-12,17H2,1,3H3,(H,30,32)/b20-4-,22-13-,24-19-,28-15?. The lowest BCUT2D eigenvalue weighted by molar-refractivity contribution is 0.102. The molecule has 32 heavy (non-hydrogen) atoms. The van der Waals surface area contributed by atoms with E-state index in [9.17, 15) is 9.18 Å². The van der Waals surface area contributed by atoms with Gasteiger partial charge in [0.1, 0.15) is 11.6 Å². The molecule has 0 aliphatic carbocycles. The van der Waals surface area contributed by atoms with Crippen LogP contribution in [-0.4, -0.2) is 41.6 Å². The molecule has 1 fully saturated rings. The minimum atomic E-state index is -0.395. The van der Waals surface area contributed by atoms with Crippen LogP contribution >= 0.6 is 0 Å². The van der Waals surface area contributed by atoms with Gasteiger partial charge in [0.05, 0.1) is 0 Å². The summed E-state index contributed by atoms with van der Waals surface area (Å²) in [6.07, 6.45) is 9.34. The van der Waals surface area contributed by atoms with E-state index in [4.69, 9.17) is 5.41 Å². The van der Waals surface area contributed by atoms with E-state index in [0.29, 0.717) is 11.4 Å². The number of rotatable bonds is 7. The normalized spacial score (nSPS) is 16.1. The van der Waals surface area contributed by atoms with E-state index in [2.05, 4.69) is 21.8 Å². The molecule has 1 amide bonds. The summed E-state index contributed by atoms with van der Waals surface area (Å²) in [5.41, 5.74) is 3.01. The van der Waals surface area contributed by atoms with E-state index in [-0.39, 0.29) is 5.91 Å². The highest BCUT2D eigenvalue weighted by Crippen LogP contribution is 2.16. The maximum Gasteiger partial charge on any atom is 0.256 e. The summed E-state index contributed by atoms with van der Waals surface area (Å²) in [5.74, 6) is -0.372. The number of hydrogen-bond acceptors (Lipinski definition) is 4. The van der Waals surface area contributed by atoms with Crippen molar-refractivity contribution in [3.63, 3.8) is 0 Å². The Morgan fingerprint density at radius 3 is 2.56 bits per heavy atom. The number of carbonyl (C=O) groups is 1. The van der Waals surface area contributed by atoms with E-state index in [1.807, 2.05) is 26.0 Å². The Labute approximate surface area is 188 Å². The predicted octanol–water partition coefficient (Wildman–Crippen LogP) is 3.67. The van der Waals surface area contributed by atoms with Gasteiger partial charge in [-0.25, -0.2) is 9.37 Å². The maximum absolute atomic E-state index is 13.1. The number of allylic oxidation sites excluding steroid dienone is 2. The van der Waals surface area contributed by atoms with Crippen LogP contribution in [0.15, 0.2) is 59.8 Å². The molecule has 1 aliphatic heterocycles. The van der Waals surface area contributed by atoms with Crippen LogP contribution in [-0.2, 0) is 0 Å². The third kappa shape index (κ3) is 5.86. The fraction of sp³-hybridized carbons (Fsp3) is 0.269. The van der Waals surface area contributed by atoms with Crippen molar-refractivity contribution in [3.05, 3.63) is 81.6 Å². The first kappa shape index (κ1) is 23.3. The van der Waals surface area contributed by atoms with Crippen molar-refractivity contribution >= 4 is 30.1 Å².